The van der Waals surface area contributed by atoms with E-state index in [0.29, 0.717) is 51.6 Å². The highest BCUT2D eigenvalue weighted by molar-refractivity contribution is 7.93. The predicted molar refractivity (Wildman–Crippen MR) is 163 cm³/mol. The maximum Gasteiger partial charge on any atom is 0.265 e. The summed E-state index contributed by atoms with van der Waals surface area (Å²) in [6.45, 7) is 3.01. The molecule has 3 aromatic rings. The number of sulfone groups is 1. The van der Waals surface area contributed by atoms with E-state index in [2.05, 4.69) is 5.10 Å². The first-order valence-electron chi connectivity index (χ1n) is 13.1. The van der Waals surface area contributed by atoms with Crippen molar-refractivity contribution in [1.82, 2.24) is 20.2 Å². The molecule has 1 saturated heterocycles. The van der Waals surface area contributed by atoms with Gasteiger partial charge in [-0.05, 0) is 54.8 Å². The Kier molecular flexibility index (Phi) is 13.5. The number of hydroxylamine groups is 1. The number of hydrogen-bond acceptors (Lipinski definition) is 9. The first kappa shape index (κ1) is 35.3. The lowest BCUT2D eigenvalue weighted by Gasteiger charge is -2.39. The minimum Gasteiger partial charge on any atom is -0.497 e. The monoisotopic (exact) mass is 644 g/mol. The summed E-state index contributed by atoms with van der Waals surface area (Å²) in [6.07, 6.45) is 4.60. The van der Waals surface area contributed by atoms with Gasteiger partial charge in [0.1, 0.15) is 11.5 Å². The lowest BCUT2D eigenvalue weighted by Crippen LogP contribution is -2.57. The number of benzene rings is 2. The van der Waals surface area contributed by atoms with Crippen molar-refractivity contribution < 1.29 is 32.6 Å². The molecular formula is C28H38Cl2N4O7S. The van der Waals surface area contributed by atoms with E-state index in [0.717, 1.165) is 16.9 Å². The zero-order chi connectivity index (χ0) is 28.6. The van der Waals surface area contributed by atoms with Crippen LogP contribution in [-0.4, -0.2) is 86.0 Å². The smallest absolute Gasteiger partial charge is 0.265 e. The molecule has 1 aliphatic heterocycles. The summed E-state index contributed by atoms with van der Waals surface area (Å²) in [7, 11) is -0.850. The fraction of sp³-hybridized carbons (Fsp3) is 0.429. The third-order valence-electron chi connectivity index (χ3n) is 7.28. The van der Waals surface area contributed by atoms with Crippen LogP contribution in [0, 0.1) is 0 Å². The minimum atomic E-state index is -4.09. The van der Waals surface area contributed by atoms with Crippen molar-refractivity contribution in [2.24, 2.45) is 0 Å². The molecule has 1 amide bonds. The average Bonchev–Trinajstić information content (AvgIpc) is 3.47. The van der Waals surface area contributed by atoms with Crippen molar-refractivity contribution in [2.75, 3.05) is 47.1 Å². The van der Waals surface area contributed by atoms with Crippen molar-refractivity contribution in [3.8, 4) is 22.6 Å². The number of aromatic nitrogens is 2. The second kappa shape index (κ2) is 16.1. The van der Waals surface area contributed by atoms with E-state index in [1.165, 1.54) is 12.1 Å². The van der Waals surface area contributed by atoms with Gasteiger partial charge < -0.3 is 19.1 Å². The van der Waals surface area contributed by atoms with Crippen LogP contribution in [0.25, 0.3) is 11.1 Å². The van der Waals surface area contributed by atoms with E-state index in [1.54, 1.807) is 31.8 Å². The number of halogens is 2. The van der Waals surface area contributed by atoms with Gasteiger partial charge in [0.2, 0.25) is 0 Å². The molecule has 2 N–H and O–H groups in total. The first-order chi connectivity index (χ1) is 19.3. The fourth-order valence-electron chi connectivity index (χ4n) is 4.87. The Bertz CT molecular complexity index is 1380. The van der Waals surface area contributed by atoms with Gasteiger partial charge >= 0.3 is 0 Å². The normalized spacial score (nSPS) is 14.7. The molecule has 0 bridgehead atoms. The zero-order valence-electron chi connectivity index (χ0n) is 23.6. The molecule has 11 nitrogen and oxygen atoms in total. The van der Waals surface area contributed by atoms with E-state index in [9.17, 15) is 18.4 Å². The van der Waals surface area contributed by atoms with Crippen LogP contribution in [-0.2, 0) is 25.9 Å². The maximum atomic E-state index is 13.6. The highest BCUT2D eigenvalue weighted by Gasteiger charge is 2.52. The molecule has 0 aliphatic carbocycles. The minimum absolute atomic E-state index is 0. The Morgan fingerprint density at radius 3 is 2.36 bits per heavy atom. The van der Waals surface area contributed by atoms with Crippen LogP contribution >= 0.6 is 24.8 Å². The van der Waals surface area contributed by atoms with Gasteiger partial charge in [-0.3, -0.25) is 14.7 Å². The summed E-state index contributed by atoms with van der Waals surface area (Å²) >= 11 is 0. The number of aryl methyl sites for hydroxylation is 1. The molecule has 42 heavy (non-hydrogen) atoms. The Morgan fingerprint density at radius 1 is 1.00 bits per heavy atom. The molecule has 0 radical (unpaired) electrons. The van der Waals surface area contributed by atoms with E-state index < -0.39 is 20.5 Å². The van der Waals surface area contributed by atoms with Crippen LogP contribution in [0.4, 0.5) is 0 Å². The zero-order valence-corrected chi connectivity index (χ0v) is 26.1. The molecule has 0 spiro atoms. The van der Waals surface area contributed by atoms with Crippen molar-refractivity contribution in [3.63, 3.8) is 0 Å². The summed E-state index contributed by atoms with van der Waals surface area (Å²) in [4.78, 5) is 14.7. The second-order valence-electron chi connectivity index (χ2n) is 9.67. The molecule has 1 fully saturated rings. The average molecular weight is 646 g/mol. The van der Waals surface area contributed by atoms with E-state index in [4.69, 9.17) is 14.2 Å². The molecular weight excluding hydrogens is 607 g/mol. The highest BCUT2D eigenvalue weighted by Crippen LogP contribution is 2.36. The van der Waals surface area contributed by atoms with Gasteiger partial charge in [-0.15, -0.1) is 24.8 Å². The predicted octanol–water partition coefficient (Wildman–Crippen LogP) is 3.63. The number of rotatable bonds is 13. The summed E-state index contributed by atoms with van der Waals surface area (Å²) in [5.41, 5.74) is 3.60. The maximum absolute atomic E-state index is 13.6. The molecule has 2 aromatic carbocycles. The standard InChI is InChI=1S/C28H36N4O7S.2ClH/c1-37-18-16-31-14-11-28(12-15-31,27(33)30-34)40(35,36)26-9-7-24(8-10-26)39-17-4-13-32-21-23(20-29-32)22-5-3-6-25(19-22)38-2;;/h3,5-10,19-21,34H,4,11-18H2,1-2H3,(H,30,33);2*1H. The Labute approximate surface area is 258 Å². The van der Waals surface area contributed by atoms with Crippen molar-refractivity contribution in [3.05, 3.63) is 60.9 Å². The molecule has 2 heterocycles. The van der Waals surface area contributed by atoms with Crippen molar-refractivity contribution >= 4 is 40.6 Å². The van der Waals surface area contributed by atoms with Crippen molar-refractivity contribution in [1.29, 1.82) is 0 Å². The fourth-order valence-corrected chi connectivity index (χ4v) is 6.83. The van der Waals surface area contributed by atoms with Crippen LogP contribution in [0.15, 0.2) is 65.8 Å². The topological polar surface area (TPSA) is 132 Å². The second-order valence-corrected chi connectivity index (χ2v) is 11.9. The Hall–Kier alpha value is -2.87. The quantitative estimate of drug-likeness (QED) is 0.163. The van der Waals surface area contributed by atoms with E-state index in [1.807, 2.05) is 46.2 Å². The van der Waals surface area contributed by atoms with Crippen LogP contribution < -0.4 is 15.0 Å². The first-order valence-corrected chi connectivity index (χ1v) is 14.6. The number of likely N-dealkylation sites (tertiary alicyclic amines) is 1. The lowest BCUT2D eigenvalue weighted by atomic mass is 9.95. The number of ether oxygens (including phenoxy) is 3. The molecule has 4 rings (SSSR count). The summed E-state index contributed by atoms with van der Waals surface area (Å²) in [5, 5.41) is 13.8. The number of nitrogens with zero attached hydrogens (tertiary/aromatic N) is 3. The Balaban J connectivity index is 0.00000308. The number of piperidine rings is 1. The third-order valence-corrected chi connectivity index (χ3v) is 9.79. The van der Waals surface area contributed by atoms with Gasteiger partial charge in [0.15, 0.2) is 14.6 Å². The molecule has 0 unspecified atom stereocenters. The number of amides is 1. The Morgan fingerprint density at radius 2 is 1.71 bits per heavy atom. The van der Waals surface area contributed by atoms with Crippen molar-refractivity contribution in [2.45, 2.75) is 35.4 Å². The lowest BCUT2D eigenvalue weighted by molar-refractivity contribution is -0.133. The van der Waals surface area contributed by atoms with Crippen LogP contribution in [0.5, 0.6) is 11.5 Å². The highest BCUT2D eigenvalue weighted by atomic mass is 35.5. The van der Waals surface area contributed by atoms with Gasteiger partial charge in [0, 0.05) is 51.5 Å². The molecule has 14 heteroatoms. The number of hydrogen-bond donors (Lipinski definition) is 2. The van der Waals surface area contributed by atoms with Gasteiger partial charge in [0.05, 0.1) is 31.4 Å². The van der Waals surface area contributed by atoms with Crippen LogP contribution in [0.3, 0.4) is 0 Å². The molecule has 232 valence electrons. The number of methoxy groups -OCH3 is 2. The summed E-state index contributed by atoms with van der Waals surface area (Å²) < 4.78 is 43.6. The summed E-state index contributed by atoms with van der Waals surface area (Å²) in [6, 6.07) is 13.8. The molecule has 0 atom stereocenters. The SMILES string of the molecule is COCCN1CCC(C(=O)NO)(S(=O)(=O)c2ccc(OCCCn3cc(-c4cccc(OC)c4)cn3)cc2)CC1.Cl.Cl. The number of carbonyl (C=O) groups excluding carboxylic acids is 1. The largest absolute Gasteiger partial charge is 0.497 e. The van der Waals surface area contributed by atoms with Gasteiger partial charge in [-0.25, -0.2) is 13.9 Å². The van der Waals surface area contributed by atoms with Crippen LogP contribution in [0.2, 0.25) is 0 Å². The van der Waals surface area contributed by atoms with E-state index >= 15 is 0 Å². The van der Waals surface area contributed by atoms with Crippen LogP contribution in [0.1, 0.15) is 19.3 Å². The number of carbonyl (C=O) groups is 1. The molecule has 0 saturated carbocycles. The summed E-state index contributed by atoms with van der Waals surface area (Å²) in [5.74, 6) is 0.395. The molecule has 1 aromatic heterocycles. The third kappa shape index (κ3) is 7.94. The number of nitrogens with one attached hydrogen (secondary N) is 1. The van der Waals surface area contributed by atoms with Gasteiger partial charge in [-0.2, -0.15) is 5.10 Å². The van der Waals surface area contributed by atoms with E-state index in [-0.39, 0.29) is 42.6 Å². The van der Waals surface area contributed by atoms with Gasteiger partial charge in [0.25, 0.3) is 5.91 Å². The van der Waals surface area contributed by atoms with Gasteiger partial charge in [-0.1, -0.05) is 12.1 Å². The molecule has 1 aliphatic rings.